The van der Waals surface area contributed by atoms with E-state index >= 15 is 0 Å². The number of fused-ring (bicyclic) bond motifs is 2. The van der Waals surface area contributed by atoms with Gasteiger partial charge in [0, 0.05) is 45.1 Å². The fourth-order valence-corrected chi connectivity index (χ4v) is 9.45. The van der Waals surface area contributed by atoms with Gasteiger partial charge in [0.1, 0.15) is 0 Å². The second kappa shape index (κ2) is 20.8. The molecule has 2 saturated carbocycles. The van der Waals surface area contributed by atoms with Crippen molar-refractivity contribution in [3.05, 3.63) is 45.5 Å². The zero-order valence-corrected chi connectivity index (χ0v) is 34.8. The minimum absolute atomic E-state index is 0.120. The predicted molar refractivity (Wildman–Crippen MR) is 218 cm³/mol. The molecule has 3 aliphatic rings. The van der Waals surface area contributed by atoms with Gasteiger partial charge >= 0.3 is 11.8 Å². The first kappa shape index (κ1) is 47.1. The van der Waals surface area contributed by atoms with Crippen molar-refractivity contribution in [2.45, 2.75) is 116 Å². The molecule has 2 aromatic carbocycles. The molecule has 63 heavy (non-hydrogen) atoms. The summed E-state index contributed by atoms with van der Waals surface area (Å²) in [4.78, 5) is 190. The van der Waals surface area contributed by atoms with Crippen LogP contribution in [-0.4, -0.2) is 106 Å². The van der Waals surface area contributed by atoms with Crippen LogP contribution in [0.25, 0.3) is 10.8 Å². The number of imide groups is 5. The highest BCUT2D eigenvalue weighted by atomic mass is 16.2. The summed E-state index contributed by atoms with van der Waals surface area (Å²) in [5, 5.41) is 2.93. The van der Waals surface area contributed by atoms with Gasteiger partial charge in [0.05, 0.1) is 11.1 Å². The summed E-state index contributed by atoms with van der Waals surface area (Å²) < 4.78 is 0. The Bertz CT molecular complexity index is 2320. The average Bonchev–Trinajstić information content (AvgIpc) is 3.59. The third kappa shape index (κ3) is 9.17. The lowest BCUT2D eigenvalue weighted by Crippen LogP contribution is -2.47. The molecule has 2 unspecified atom stereocenters. The molecule has 19 heteroatoms. The van der Waals surface area contributed by atoms with Gasteiger partial charge in [0.2, 0.25) is 25.6 Å². The highest BCUT2D eigenvalue weighted by Gasteiger charge is 2.46. The van der Waals surface area contributed by atoms with Crippen LogP contribution in [0.3, 0.4) is 0 Å². The highest BCUT2D eigenvalue weighted by molar-refractivity contribution is 6.56. The van der Waals surface area contributed by atoms with Crippen molar-refractivity contribution in [2.24, 2.45) is 11.8 Å². The molecule has 0 spiro atoms. The topological polar surface area (TPSA) is 282 Å². The molecule has 2 atom stereocenters. The Balaban J connectivity index is 1.92. The number of carbonyl (C=O) groups excluding carboxylic acids is 14. The number of hydrogen-bond donors (Lipinski definition) is 3. The second-order valence-electron chi connectivity index (χ2n) is 15.8. The van der Waals surface area contributed by atoms with Gasteiger partial charge in [-0.2, -0.15) is 0 Å². The zero-order valence-electron chi connectivity index (χ0n) is 34.8. The summed E-state index contributed by atoms with van der Waals surface area (Å²) in [5.41, 5.74) is -6.47. The van der Waals surface area contributed by atoms with Crippen LogP contribution in [0.2, 0.25) is 0 Å². The Hall–Kier alpha value is -6.92. The smallest absolute Gasteiger partial charge is 0.292 e. The van der Waals surface area contributed by atoms with E-state index in [9.17, 15) is 67.1 Å². The quantitative estimate of drug-likeness (QED) is 0.0746. The molecule has 2 aliphatic carbocycles. The van der Waals surface area contributed by atoms with Crippen molar-refractivity contribution in [1.82, 2.24) is 25.8 Å². The minimum atomic E-state index is -1.82. The molecular formula is C44H47N5O14. The van der Waals surface area contributed by atoms with Crippen LogP contribution < -0.4 is 16.0 Å². The molecule has 0 bridgehead atoms. The van der Waals surface area contributed by atoms with Crippen LogP contribution in [0.15, 0.2) is 12.1 Å². The van der Waals surface area contributed by atoms with Gasteiger partial charge in [0.25, 0.3) is 46.8 Å². The number of Topliss-reactive ketones (excluding diaryl/α,β-unsaturated/α-hetero) is 4. The largest absolute Gasteiger partial charge is 0.301 e. The average molecular weight is 870 g/mol. The molecule has 3 N–H and O–H groups in total. The summed E-state index contributed by atoms with van der Waals surface area (Å²) >= 11 is 0. The van der Waals surface area contributed by atoms with Gasteiger partial charge in [-0.15, -0.1) is 0 Å². The van der Waals surface area contributed by atoms with Crippen molar-refractivity contribution in [1.29, 1.82) is 0 Å². The molecule has 0 radical (unpaired) electrons. The maximum Gasteiger partial charge on any atom is 0.301 e. The Morgan fingerprint density at radius 2 is 0.968 bits per heavy atom. The Labute approximate surface area is 360 Å². The molecule has 1 aliphatic heterocycles. The first-order valence-electron chi connectivity index (χ1n) is 21.0. The van der Waals surface area contributed by atoms with Gasteiger partial charge in [-0.25, -0.2) is 0 Å². The standard InChI is InChI=1S/C44H47N5O14/c1-3-11-27(23-13-7-5-8-14-23)48(21-52)43(62)36(55)26-18-17-25(35(54)41(60)45-19-50)29-30(26)31(37(56)42(61)46-20-51)33-34(40(59)47-39(33)58)32(29)38(57)44(63)49(22-53)28(12-4-2)24-15-9-6-10-16-24/h17-24,27-28H,3-16H2,1-2H3,(H,45,50,60)(H,46,51,61)(H,47,58,59). The Morgan fingerprint density at radius 1 is 0.587 bits per heavy atom. The van der Waals surface area contributed by atoms with Crippen molar-refractivity contribution >= 4 is 95.0 Å². The summed E-state index contributed by atoms with van der Waals surface area (Å²) in [5.74, 6) is -16.7. The molecule has 332 valence electrons. The van der Waals surface area contributed by atoms with E-state index in [0.717, 1.165) is 44.6 Å². The van der Waals surface area contributed by atoms with E-state index in [0.29, 0.717) is 54.4 Å². The summed E-state index contributed by atoms with van der Waals surface area (Å²) in [6, 6.07) is -0.200. The first-order valence-corrected chi connectivity index (χ1v) is 21.0. The van der Waals surface area contributed by atoms with Gasteiger partial charge in [-0.3, -0.25) is 92.9 Å². The number of carbonyl (C=O) groups is 14. The third-order valence-corrected chi connectivity index (χ3v) is 12.2. The van der Waals surface area contributed by atoms with E-state index in [4.69, 9.17) is 0 Å². The minimum Gasteiger partial charge on any atom is -0.292 e. The predicted octanol–water partition coefficient (Wildman–Crippen LogP) is 2.47. The van der Waals surface area contributed by atoms with Gasteiger partial charge < -0.3 is 0 Å². The number of ketones is 4. The maximum absolute atomic E-state index is 14.9. The van der Waals surface area contributed by atoms with E-state index < -0.39 is 115 Å². The van der Waals surface area contributed by atoms with Crippen LogP contribution in [0.4, 0.5) is 0 Å². The number of nitrogens with zero attached hydrogens (tertiary/aromatic N) is 2. The van der Waals surface area contributed by atoms with Crippen LogP contribution >= 0.6 is 0 Å². The van der Waals surface area contributed by atoms with Gasteiger partial charge in [-0.05, 0) is 62.5 Å². The lowest BCUT2D eigenvalue weighted by atomic mass is 9.79. The van der Waals surface area contributed by atoms with Crippen LogP contribution in [0, 0.1) is 11.8 Å². The number of rotatable bonds is 20. The zero-order chi connectivity index (χ0) is 46.1. The molecular weight excluding hydrogens is 823 g/mol. The lowest BCUT2D eigenvalue weighted by Gasteiger charge is -2.35. The molecule has 10 amide bonds. The number of amides is 10. The molecule has 0 aromatic heterocycles. The monoisotopic (exact) mass is 869 g/mol. The van der Waals surface area contributed by atoms with E-state index in [1.165, 1.54) is 0 Å². The first-order chi connectivity index (χ1) is 30.2. The van der Waals surface area contributed by atoms with Crippen LogP contribution in [-0.2, 0) is 38.4 Å². The number of nitrogens with one attached hydrogen (secondary N) is 3. The molecule has 0 saturated heterocycles. The van der Waals surface area contributed by atoms with Crippen LogP contribution in [0.1, 0.15) is 166 Å². The molecule has 2 aromatic rings. The Morgan fingerprint density at radius 3 is 1.37 bits per heavy atom. The van der Waals surface area contributed by atoms with Crippen molar-refractivity contribution in [2.75, 3.05) is 0 Å². The summed E-state index contributed by atoms with van der Waals surface area (Å²) in [6.45, 7) is 3.58. The van der Waals surface area contributed by atoms with Gasteiger partial charge in [-0.1, -0.05) is 65.2 Å². The SMILES string of the molecule is CCCC(C1CCCCC1)N(C=O)C(=O)C(=O)c1ccc(C(=O)C(=O)NC=O)c2c(C(=O)C(=O)N(C=O)C(CCC)C3CCCCC3)c3c(c(C(=O)C(=O)NC=O)c12)C(=O)NC3=O. The lowest BCUT2D eigenvalue weighted by molar-refractivity contribution is -0.140. The van der Waals surface area contributed by atoms with E-state index in [-0.39, 0.29) is 50.3 Å². The molecule has 19 nitrogen and oxygen atoms in total. The van der Waals surface area contributed by atoms with Gasteiger partial charge in [0.15, 0.2) is 0 Å². The van der Waals surface area contributed by atoms with Crippen LogP contribution in [0.5, 0.6) is 0 Å². The number of benzene rings is 2. The van der Waals surface area contributed by atoms with E-state index in [1.807, 2.05) is 5.32 Å². The second-order valence-corrected chi connectivity index (χ2v) is 15.8. The highest BCUT2D eigenvalue weighted by Crippen LogP contribution is 2.40. The van der Waals surface area contributed by atoms with Crippen molar-refractivity contribution in [3.8, 4) is 0 Å². The van der Waals surface area contributed by atoms with Crippen molar-refractivity contribution in [3.63, 3.8) is 0 Å². The van der Waals surface area contributed by atoms with E-state index in [1.54, 1.807) is 24.5 Å². The van der Waals surface area contributed by atoms with E-state index in [2.05, 4.69) is 0 Å². The molecule has 5 rings (SSSR count). The normalized spacial score (nSPS) is 16.1. The fraction of sp³-hybridized carbons (Fsp3) is 0.455. The fourth-order valence-electron chi connectivity index (χ4n) is 9.45. The van der Waals surface area contributed by atoms with Crippen molar-refractivity contribution < 1.29 is 67.1 Å². The third-order valence-electron chi connectivity index (χ3n) is 12.2. The summed E-state index contributed by atoms with van der Waals surface area (Å²) in [7, 11) is 0. The molecule has 1 heterocycles. The number of hydrogen-bond acceptors (Lipinski definition) is 14. The Kier molecular flexibility index (Phi) is 15.5. The summed E-state index contributed by atoms with van der Waals surface area (Å²) in [6.07, 6.45) is 8.66. The molecule has 2 fully saturated rings. The maximum atomic E-state index is 14.9.